The minimum absolute atomic E-state index is 0. The van der Waals surface area contributed by atoms with Crippen molar-refractivity contribution in [2.75, 3.05) is 0 Å². The molecule has 0 fully saturated rings. The van der Waals surface area contributed by atoms with Crippen molar-refractivity contribution in [3.05, 3.63) is 35.9 Å². The lowest BCUT2D eigenvalue weighted by Gasteiger charge is -2.31. The van der Waals surface area contributed by atoms with Crippen molar-refractivity contribution in [2.45, 2.75) is 64.8 Å². The summed E-state index contributed by atoms with van der Waals surface area (Å²) in [6.07, 6.45) is 7.66. The zero-order valence-corrected chi connectivity index (χ0v) is 14.4. The summed E-state index contributed by atoms with van der Waals surface area (Å²) in [5.41, 5.74) is 7.67. The van der Waals surface area contributed by atoms with Crippen molar-refractivity contribution in [3.8, 4) is 0 Å². The van der Waals surface area contributed by atoms with E-state index in [1.807, 2.05) is 0 Å². The van der Waals surface area contributed by atoms with E-state index in [0.29, 0.717) is 5.92 Å². The van der Waals surface area contributed by atoms with Gasteiger partial charge in [-0.05, 0) is 38.2 Å². The lowest BCUT2D eigenvalue weighted by atomic mass is 9.80. The molecule has 1 atom stereocenters. The van der Waals surface area contributed by atoms with Gasteiger partial charge < -0.3 is 5.73 Å². The molecular formula is C17H30BrN. The van der Waals surface area contributed by atoms with E-state index in [-0.39, 0.29) is 22.5 Å². The molecule has 110 valence electrons. The van der Waals surface area contributed by atoms with Crippen LogP contribution in [0.4, 0.5) is 0 Å². The highest BCUT2D eigenvalue weighted by atomic mass is 79.9. The minimum atomic E-state index is -0.0813. The second-order valence-electron chi connectivity index (χ2n) is 6.06. The van der Waals surface area contributed by atoms with Gasteiger partial charge >= 0.3 is 0 Å². The molecule has 0 saturated carbocycles. The standard InChI is InChI=1S/C17H29N.BrH/c1-4-5-6-10-13-16(17(2,3)18)14-15-11-8-7-9-12-15;/h7-9,11-12,16H,4-6,10,13-14,18H2,1-3H3;1H. The number of hydrogen-bond donors (Lipinski definition) is 1. The zero-order valence-electron chi connectivity index (χ0n) is 12.7. The molecule has 2 N–H and O–H groups in total. The molecule has 0 saturated heterocycles. The second-order valence-corrected chi connectivity index (χ2v) is 6.06. The van der Waals surface area contributed by atoms with Crippen molar-refractivity contribution in [1.82, 2.24) is 0 Å². The Kier molecular flexibility index (Phi) is 9.38. The van der Waals surface area contributed by atoms with Gasteiger partial charge in [0.1, 0.15) is 0 Å². The highest BCUT2D eigenvalue weighted by Crippen LogP contribution is 2.25. The average Bonchev–Trinajstić information content (AvgIpc) is 2.33. The van der Waals surface area contributed by atoms with E-state index in [1.165, 1.54) is 37.7 Å². The third-order valence-electron chi connectivity index (χ3n) is 3.78. The summed E-state index contributed by atoms with van der Waals surface area (Å²) >= 11 is 0. The van der Waals surface area contributed by atoms with Crippen LogP contribution in [0.3, 0.4) is 0 Å². The van der Waals surface area contributed by atoms with Crippen molar-refractivity contribution in [3.63, 3.8) is 0 Å². The highest BCUT2D eigenvalue weighted by molar-refractivity contribution is 8.93. The van der Waals surface area contributed by atoms with E-state index >= 15 is 0 Å². The van der Waals surface area contributed by atoms with Crippen LogP contribution in [0.25, 0.3) is 0 Å². The largest absolute Gasteiger partial charge is 0.325 e. The molecule has 1 aromatic rings. The molecule has 0 aliphatic carbocycles. The summed E-state index contributed by atoms with van der Waals surface area (Å²) in [5.74, 6) is 0.580. The van der Waals surface area contributed by atoms with E-state index in [9.17, 15) is 0 Å². The zero-order chi connectivity index (χ0) is 13.4. The van der Waals surface area contributed by atoms with Gasteiger partial charge in [0.2, 0.25) is 0 Å². The first-order chi connectivity index (χ1) is 8.54. The molecule has 1 aromatic carbocycles. The first kappa shape index (κ1) is 18.7. The highest BCUT2D eigenvalue weighted by Gasteiger charge is 2.24. The van der Waals surface area contributed by atoms with Crippen molar-refractivity contribution >= 4 is 17.0 Å². The minimum Gasteiger partial charge on any atom is -0.325 e. The molecule has 0 amide bonds. The second kappa shape index (κ2) is 9.55. The van der Waals surface area contributed by atoms with Gasteiger partial charge in [-0.1, -0.05) is 62.9 Å². The Labute approximate surface area is 129 Å². The fourth-order valence-corrected chi connectivity index (χ4v) is 2.45. The van der Waals surface area contributed by atoms with Crippen LogP contribution >= 0.6 is 17.0 Å². The van der Waals surface area contributed by atoms with Gasteiger partial charge in [0.15, 0.2) is 0 Å². The molecule has 1 unspecified atom stereocenters. The van der Waals surface area contributed by atoms with Gasteiger partial charge in [-0.3, -0.25) is 0 Å². The molecule has 0 bridgehead atoms. The number of nitrogens with two attached hydrogens (primary N) is 1. The maximum absolute atomic E-state index is 6.34. The predicted molar refractivity (Wildman–Crippen MR) is 91.0 cm³/mol. The monoisotopic (exact) mass is 327 g/mol. The lowest BCUT2D eigenvalue weighted by molar-refractivity contribution is 0.290. The fourth-order valence-electron chi connectivity index (χ4n) is 2.45. The summed E-state index contributed by atoms with van der Waals surface area (Å²) in [6.45, 7) is 6.59. The molecule has 19 heavy (non-hydrogen) atoms. The normalized spacial score (nSPS) is 12.8. The lowest BCUT2D eigenvalue weighted by Crippen LogP contribution is -2.42. The van der Waals surface area contributed by atoms with Crippen LogP contribution in [0.2, 0.25) is 0 Å². The Bertz CT molecular complexity index is 316. The Hall–Kier alpha value is -0.340. The van der Waals surface area contributed by atoms with Crippen molar-refractivity contribution < 1.29 is 0 Å². The molecule has 0 heterocycles. The van der Waals surface area contributed by atoms with Crippen LogP contribution in [-0.4, -0.2) is 5.54 Å². The maximum Gasteiger partial charge on any atom is 0.0129 e. The molecule has 1 rings (SSSR count). The van der Waals surface area contributed by atoms with Gasteiger partial charge in [-0.2, -0.15) is 0 Å². The summed E-state index contributed by atoms with van der Waals surface area (Å²) in [7, 11) is 0. The SMILES string of the molecule is Br.CCCCCCC(Cc1ccccc1)C(C)(C)N. The predicted octanol–water partition coefficient (Wildman–Crippen LogP) is 5.13. The van der Waals surface area contributed by atoms with E-state index < -0.39 is 0 Å². The van der Waals surface area contributed by atoms with Gasteiger partial charge in [0.05, 0.1) is 0 Å². The van der Waals surface area contributed by atoms with Gasteiger partial charge in [-0.15, -0.1) is 17.0 Å². The molecule has 0 spiro atoms. The molecular weight excluding hydrogens is 298 g/mol. The summed E-state index contributed by atoms with van der Waals surface area (Å²) in [5, 5.41) is 0. The Balaban J connectivity index is 0.00000324. The first-order valence-electron chi connectivity index (χ1n) is 7.37. The molecule has 1 nitrogen and oxygen atoms in total. The summed E-state index contributed by atoms with van der Waals surface area (Å²) in [6, 6.07) is 10.7. The Morgan fingerprint density at radius 2 is 1.68 bits per heavy atom. The van der Waals surface area contributed by atoms with E-state index in [0.717, 1.165) is 6.42 Å². The van der Waals surface area contributed by atoms with Crippen molar-refractivity contribution in [2.24, 2.45) is 11.7 Å². The Morgan fingerprint density at radius 1 is 1.05 bits per heavy atom. The third kappa shape index (κ3) is 7.74. The van der Waals surface area contributed by atoms with Gasteiger partial charge in [0.25, 0.3) is 0 Å². The topological polar surface area (TPSA) is 26.0 Å². The third-order valence-corrected chi connectivity index (χ3v) is 3.78. The molecule has 2 heteroatoms. The average molecular weight is 328 g/mol. The fraction of sp³-hybridized carbons (Fsp3) is 0.647. The number of rotatable bonds is 8. The van der Waals surface area contributed by atoms with Gasteiger partial charge in [-0.25, -0.2) is 0 Å². The number of unbranched alkanes of at least 4 members (excludes halogenated alkanes) is 3. The van der Waals surface area contributed by atoms with Gasteiger partial charge in [0, 0.05) is 5.54 Å². The molecule has 0 radical (unpaired) electrons. The summed E-state index contributed by atoms with van der Waals surface area (Å²) < 4.78 is 0. The quantitative estimate of drug-likeness (QED) is 0.658. The number of hydrogen-bond acceptors (Lipinski definition) is 1. The summed E-state index contributed by atoms with van der Waals surface area (Å²) in [4.78, 5) is 0. The van der Waals surface area contributed by atoms with E-state index in [1.54, 1.807) is 0 Å². The van der Waals surface area contributed by atoms with E-state index in [2.05, 4.69) is 51.1 Å². The maximum atomic E-state index is 6.34. The van der Waals surface area contributed by atoms with Crippen LogP contribution in [-0.2, 0) is 6.42 Å². The molecule has 0 aliphatic heterocycles. The Morgan fingerprint density at radius 3 is 2.21 bits per heavy atom. The van der Waals surface area contributed by atoms with Crippen LogP contribution in [0.5, 0.6) is 0 Å². The number of halogens is 1. The smallest absolute Gasteiger partial charge is 0.0129 e. The first-order valence-corrected chi connectivity index (χ1v) is 7.37. The van der Waals surface area contributed by atoms with Crippen LogP contribution < -0.4 is 5.73 Å². The van der Waals surface area contributed by atoms with Crippen molar-refractivity contribution in [1.29, 1.82) is 0 Å². The van der Waals surface area contributed by atoms with Crippen LogP contribution in [0.15, 0.2) is 30.3 Å². The number of benzene rings is 1. The van der Waals surface area contributed by atoms with Crippen LogP contribution in [0.1, 0.15) is 58.4 Å². The van der Waals surface area contributed by atoms with Crippen LogP contribution in [0, 0.1) is 5.92 Å². The van der Waals surface area contributed by atoms with E-state index in [4.69, 9.17) is 5.73 Å². The molecule has 0 aromatic heterocycles. The molecule has 0 aliphatic rings.